The fraction of sp³-hybridized carbons (Fsp3) is 0.583. The lowest BCUT2D eigenvalue weighted by atomic mass is 10.1. The minimum absolute atomic E-state index is 0.109. The molecule has 2 heterocycles. The average Bonchev–Trinajstić information content (AvgIpc) is 2.90. The Bertz CT molecular complexity index is 480. The Balaban J connectivity index is 2.26. The highest BCUT2D eigenvalue weighted by Crippen LogP contribution is 2.29. The maximum absolute atomic E-state index is 11.1. The summed E-state index contributed by atoms with van der Waals surface area (Å²) in [4.78, 5) is 16.3. The van der Waals surface area contributed by atoms with E-state index in [0.29, 0.717) is 19.8 Å². The van der Waals surface area contributed by atoms with Crippen molar-refractivity contribution in [2.75, 3.05) is 37.8 Å². The van der Waals surface area contributed by atoms with Crippen LogP contribution in [0.2, 0.25) is 5.15 Å². The molecule has 0 bridgehead atoms. The minimum atomic E-state index is -0.492. The highest BCUT2D eigenvalue weighted by atomic mass is 35.5. The first kappa shape index (κ1) is 15.0. The average molecular weight is 302 g/mol. The molecule has 1 unspecified atom stereocenters. The molecule has 0 aliphatic carbocycles. The van der Waals surface area contributed by atoms with Crippen molar-refractivity contribution in [3.8, 4) is 0 Å². The van der Waals surface area contributed by atoms with Gasteiger partial charge in [-0.2, -0.15) is 0 Å². The van der Waals surface area contributed by atoms with E-state index >= 15 is 0 Å². The van der Waals surface area contributed by atoms with Crippen LogP contribution < -0.4 is 4.90 Å². The molecule has 2 rings (SSSR count). The molecule has 7 nitrogen and oxygen atoms in total. The molecule has 0 amide bonds. The topological polar surface area (TPSA) is 88.7 Å². The van der Waals surface area contributed by atoms with E-state index in [1.807, 2.05) is 0 Å². The van der Waals surface area contributed by atoms with Crippen molar-refractivity contribution in [2.45, 2.75) is 6.42 Å². The number of hydrogen-bond donors (Lipinski definition) is 1. The summed E-state index contributed by atoms with van der Waals surface area (Å²) >= 11 is 5.83. The van der Waals surface area contributed by atoms with Gasteiger partial charge in [0.25, 0.3) is 0 Å². The first-order valence-corrected chi connectivity index (χ1v) is 6.74. The van der Waals surface area contributed by atoms with Gasteiger partial charge in [0.2, 0.25) is 5.82 Å². The van der Waals surface area contributed by atoms with Gasteiger partial charge < -0.3 is 14.7 Å². The van der Waals surface area contributed by atoms with Crippen molar-refractivity contribution in [1.29, 1.82) is 0 Å². The minimum Gasteiger partial charge on any atom is -0.395 e. The lowest BCUT2D eigenvalue weighted by Gasteiger charge is -2.25. The number of aliphatic hydroxyl groups is 1. The van der Waals surface area contributed by atoms with Crippen molar-refractivity contribution in [3.05, 3.63) is 27.4 Å². The molecular formula is C12H16ClN3O4. The van der Waals surface area contributed by atoms with Crippen LogP contribution in [0.25, 0.3) is 0 Å². The van der Waals surface area contributed by atoms with E-state index in [9.17, 15) is 10.1 Å². The van der Waals surface area contributed by atoms with Crippen LogP contribution in [-0.2, 0) is 4.74 Å². The number of hydrogen-bond acceptors (Lipinski definition) is 6. The largest absolute Gasteiger partial charge is 0.395 e. The van der Waals surface area contributed by atoms with Gasteiger partial charge in [0.1, 0.15) is 5.15 Å². The Kier molecular flexibility index (Phi) is 5.11. The number of pyridine rings is 1. The van der Waals surface area contributed by atoms with Gasteiger partial charge in [-0.15, -0.1) is 0 Å². The smallest absolute Gasteiger partial charge is 0.311 e. The van der Waals surface area contributed by atoms with Gasteiger partial charge in [-0.05, 0) is 12.5 Å². The van der Waals surface area contributed by atoms with E-state index in [0.717, 1.165) is 6.42 Å². The van der Waals surface area contributed by atoms with Gasteiger partial charge in [-0.3, -0.25) is 10.1 Å². The molecule has 0 spiro atoms. The SMILES string of the molecule is O=[N+]([O-])c1ccc(Cl)nc1N(CCO)CC1CCOC1. The number of ether oxygens (including phenoxy) is 1. The van der Waals surface area contributed by atoms with Gasteiger partial charge in [0.15, 0.2) is 0 Å². The Labute approximate surface area is 121 Å². The van der Waals surface area contributed by atoms with Gasteiger partial charge in [-0.25, -0.2) is 4.98 Å². The fourth-order valence-electron chi connectivity index (χ4n) is 2.24. The summed E-state index contributed by atoms with van der Waals surface area (Å²) < 4.78 is 5.30. The third-order valence-corrected chi connectivity index (χ3v) is 3.40. The number of rotatable bonds is 6. The molecule has 1 aromatic heterocycles. The summed E-state index contributed by atoms with van der Waals surface area (Å²) in [6.45, 7) is 2.03. The number of nitrogens with zero attached hydrogens (tertiary/aromatic N) is 3. The third kappa shape index (κ3) is 3.56. The predicted molar refractivity (Wildman–Crippen MR) is 74.1 cm³/mol. The second-order valence-electron chi connectivity index (χ2n) is 4.63. The summed E-state index contributed by atoms with van der Waals surface area (Å²) in [6.07, 6.45) is 0.899. The van der Waals surface area contributed by atoms with Crippen LogP contribution in [0.15, 0.2) is 12.1 Å². The lowest BCUT2D eigenvalue weighted by Crippen LogP contribution is -2.33. The van der Waals surface area contributed by atoms with Crippen molar-refractivity contribution in [3.63, 3.8) is 0 Å². The van der Waals surface area contributed by atoms with Gasteiger partial charge in [-0.1, -0.05) is 11.6 Å². The summed E-state index contributed by atoms with van der Waals surface area (Å²) in [5.41, 5.74) is -0.109. The Morgan fingerprint density at radius 1 is 1.60 bits per heavy atom. The second-order valence-corrected chi connectivity index (χ2v) is 5.02. The normalized spacial score (nSPS) is 18.2. The highest BCUT2D eigenvalue weighted by Gasteiger charge is 2.25. The zero-order valence-corrected chi connectivity index (χ0v) is 11.6. The van der Waals surface area contributed by atoms with E-state index in [-0.39, 0.29) is 35.7 Å². The van der Waals surface area contributed by atoms with Crippen LogP contribution in [0, 0.1) is 16.0 Å². The van der Waals surface area contributed by atoms with Crippen LogP contribution in [-0.4, -0.2) is 47.9 Å². The van der Waals surface area contributed by atoms with Crippen LogP contribution in [0.1, 0.15) is 6.42 Å². The molecule has 1 aromatic rings. The molecular weight excluding hydrogens is 286 g/mol. The maximum atomic E-state index is 11.1. The van der Waals surface area contributed by atoms with Crippen molar-refractivity contribution in [1.82, 2.24) is 4.98 Å². The van der Waals surface area contributed by atoms with Gasteiger partial charge in [0.05, 0.1) is 18.1 Å². The number of nitro groups is 1. The lowest BCUT2D eigenvalue weighted by molar-refractivity contribution is -0.384. The monoisotopic (exact) mass is 301 g/mol. The number of aromatic nitrogens is 1. The summed E-state index contributed by atoms with van der Waals surface area (Å²) in [7, 11) is 0. The Morgan fingerprint density at radius 2 is 2.40 bits per heavy atom. The summed E-state index contributed by atoms with van der Waals surface area (Å²) in [5.74, 6) is 0.477. The molecule has 1 N–H and O–H groups in total. The molecule has 1 fully saturated rings. The predicted octanol–water partition coefficient (Wildman–Crippen LogP) is 1.48. The molecule has 20 heavy (non-hydrogen) atoms. The van der Waals surface area contributed by atoms with Crippen LogP contribution in [0.5, 0.6) is 0 Å². The quantitative estimate of drug-likeness (QED) is 0.486. The van der Waals surface area contributed by atoms with E-state index in [1.54, 1.807) is 4.90 Å². The number of aliphatic hydroxyl groups excluding tert-OH is 1. The first-order valence-electron chi connectivity index (χ1n) is 6.36. The van der Waals surface area contributed by atoms with Crippen LogP contribution in [0.4, 0.5) is 11.5 Å². The van der Waals surface area contributed by atoms with Gasteiger partial charge in [0, 0.05) is 31.7 Å². The van der Waals surface area contributed by atoms with Crippen molar-refractivity contribution >= 4 is 23.1 Å². The molecule has 0 radical (unpaired) electrons. The second kappa shape index (κ2) is 6.83. The first-order chi connectivity index (χ1) is 9.61. The van der Waals surface area contributed by atoms with Crippen LogP contribution in [0.3, 0.4) is 0 Å². The maximum Gasteiger partial charge on any atom is 0.311 e. The Morgan fingerprint density at radius 3 is 3.00 bits per heavy atom. The molecule has 0 aromatic carbocycles. The number of anilines is 1. The van der Waals surface area contributed by atoms with E-state index in [2.05, 4.69) is 4.98 Å². The fourth-order valence-corrected chi connectivity index (χ4v) is 2.38. The zero-order valence-electron chi connectivity index (χ0n) is 10.9. The number of halogens is 1. The van der Waals surface area contributed by atoms with E-state index in [1.165, 1.54) is 12.1 Å². The molecule has 1 atom stereocenters. The van der Waals surface area contributed by atoms with Crippen molar-refractivity contribution < 1.29 is 14.8 Å². The molecule has 1 aliphatic heterocycles. The van der Waals surface area contributed by atoms with E-state index in [4.69, 9.17) is 21.4 Å². The summed E-state index contributed by atoms with van der Waals surface area (Å²) in [6, 6.07) is 2.72. The molecule has 1 saturated heterocycles. The standard InChI is InChI=1S/C12H16ClN3O4/c13-11-2-1-10(16(18)19)12(14-11)15(4-5-17)7-9-3-6-20-8-9/h1-2,9,17H,3-8H2. The van der Waals surface area contributed by atoms with Gasteiger partial charge >= 0.3 is 5.69 Å². The molecule has 0 saturated carbocycles. The summed E-state index contributed by atoms with van der Waals surface area (Å²) in [5, 5.41) is 20.4. The Hall–Kier alpha value is -1.44. The molecule has 1 aliphatic rings. The third-order valence-electron chi connectivity index (χ3n) is 3.19. The van der Waals surface area contributed by atoms with E-state index < -0.39 is 4.92 Å². The van der Waals surface area contributed by atoms with Crippen molar-refractivity contribution in [2.24, 2.45) is 5.92 Å². The van der Waals surface area contributed by atoms with Crippen LogP contribution >= 0.6 is 11.6 Å². The zero-order chi connectivity index (χ0) is 14.5. The molecule has 8 heteroatoms. The highest BCUT2D eigenvalue weighted by molar-refractivity contribution is 6.29. The molecule has 110 valence electrons.